The van der Waals surface area contributed by atoms with Crippen LogP contribution in [0.5, 0.6) is 0 Å². The molecule has 4 aliphatic carbocycles. The predicted octanol–water partition coefficient (Wildman–Crippen LogP) is 6.47. The Morgan fingerprint density at radius 1 is 0.906 bits per heavy atom. The second-order valence-electron chi connectivity index (χ2n) is 12.0. The molecular weight excluding hydrogens is 416 g/mol. The van der Waals surface area contributed by atoms with Crippen LogP contribution in [0.2, 0.25) is 0 Å². The first kappa shape index (κ1) is 22.6. The van der Waals surface area contributed by atoms with Gasteiger partial charge in [-0.2, -0.15) is 0 Å². The first-order valence-corrected chi connectivity index (χ1v) is 14.7. The maximum absolute atomic E-state index is 13.0. The molecule has 0 bridgehead atoms. The Hall–Kier alpha value is -1.16. The minimum atomic E-state index is -3.21. The summed E-state index contributed by atoms with van der Waals surface area (Å²) in [6.07, 6.45) is 12.3. The topological polar surface area (TPSA) is 51.2 Å². The van der Waals surface area contributed by atoms with Crippen LogP contribution in [0.25, 0.3) is 0 Å². The van der Waals surface area contributed by atoms with Crippen molar-refractivity contribution in [3.63, 3.8) is 0 Å². The van der Waals surface area contributed by atoms with E-state index < -0.39 is 9.84 Å². The third-order valence-electron chi connectivity index (χ3n) is 10.8. The molecule has 32 heavy (non-hydrogen) atoms. The Morgan fingerprint density at radius 2 is 1.66 bits per heavy atom. The molecule has 7 atom stereocenters. The first-order valence-electron chi connectivity index (χ1n) is 13.0. The fourth-order valence-electron chi connectivity index (χ4n) is 8.87. The van der Waals surface area contributed by atoms with Crippen LogP contribution in [0.1, 0.15) is 84.5 Å². The van der Waals surface area contributed by atoms with Crippen molar-refractivity contribution < 1.29 is 13.2 Å². The molecule has 5 rings (SSSR count). The van der Waals surface area contributed by atoms with Gasteiger partial charge in [-0.05, 0) is 104 Å². The van der Waals surface area contributed by atoms with Crippen molar-refractivity contribution in [3.05, 3.63) is 30.3 Å². The monoisotopic (exact) mass is 456 g/mol. The number of hydrogen-bond donors (Lipinski definition) is 0. The van der Waals surface area contributed by atoms with E-state index in [1.165, 1.54) is 44.9 Å². The number of ketones is 1. The van der Waals surface area contributed by atoms with Gasteiger partial charge in [0.1, 0.15) is 5.78 Å². The van der Waals surface area contributed by atoms with Crippen LogP contribution in [-0.4, -0.2) is 20.0 Å². The van der Waals surface area contributed by atoms with Gasteiger partial charge in [0.15, 0.2) is 9.84 Å². The summed E-state index contributed by atoms with van der Waals surface area (Å²) >= 11 is 0. The zero-order chi connectivity index (χ0) is 22.6. The van der Waals surface area contributed by atoms with Gasteiger partial charge in [0.05, 0.1) is 10.6 Å². The SMILES string of the molecule is C[C@]12CCC(=O)CC1CCC1C2CC[C@]2(C)C(CCS(=O)(=O)c3ccccc3)CCCC12. The second-order valence-corrected chi connectivity index (χ2v) is 14.1. The third-order valence-corrected chi connectivity index (χ3v) is 12.5. The average Bonchev–Trinajstić information content (AvgIpc) is 2.78. The van der Waals surface area contributed by atoms with E-state index in [0.29, 0.717) is 27.9 Å². The Bertz CT molecular complexity index is 954. The summed E-state index contributed by atoms with van der Waals surface area (Å²) in [7, 11) is -3.21. The van der Waals surface area contributed by atoms with E-state index in [-0.39, 0.29) is 11.2 Å². The van der Waals surface area contributed by atoms with Crippen LogP contribution in [0.4, 0.5) is 0 Å². The highest BCUT2D eigenvalue weighted by Crippen LogP contribution is 2.66. The van der Waals surface area contributed by atoms with Crippen LogP contribution in [0.3, 0.4) is 0 Å². The van der Waals surface area contributed by atoms with Crippen molar-refractivity contribution in [2.45, 2.75) is 89.4 Å². The van der Waals surface area contributed by atoms with E-state index in [4.69, 9.17) is 0 Å². The highest BCUT2D eigenvalue weighted by molar-refractivity contribution is 7.91. The molecule has 0 aromatic heterocycles. The number of benzene rings is 1. The fourth-order valence-corrected chi connectivity index (χ4v) is 10.3. The van der Waals surface area contributed by atoms with Crippen molar-refractivity contribution in [1.29, 1.82) is 0 Å². The Kier molecular flexibility index (Phi) is 5.83. The number of sulfone groups is 1. The van der Waals surface area contributed by atoms with E-state index >= 15 is 0 Å². The lowest BCUT2D eigenvalue weighted by Crippen LogP contribution is -2.56. The zero-order valence-corrected chi connectivity index (χ0v) is 20.7. The van der Waals surface area contributed by atoms with Crippen LogP contribution in [-0.2, 0) is 14.6 Å². The van der Waals surface area contributed by atoms with Crippen molar-refractivity contribution >= 4 is 15.6 Å². The largest absolute Gasteiger partial charge is 0.300 e. The average molecular weight is 457 g/mol. The molecule has 176 valence electrons. The molecule has 0 saturated heterocycles. The molecule has 0 spiro atoms. The number of Topliss-reactive ketones (excluding diaryl/α,β-unsaturated/α-hetero) is 1. The van der Waals surface area contributed by atoms with E-state index in [2.05, 4.69) is 13.8 Å². The minimum Gasteiger partial charge on any atom is -0.300 e. The van der Waals surface area contributed by atoms with Gasteiger partial charge in [-0.1, -0.05) is 38.5 Å². The standard InChI is InChI=1S/C28H40O3S/c1-27-17-14-26-24(12-11-21-19-22(29)13-16-28(21,26)2)25(27)10-6-7-20(27)15-18-32(30,31)23-8-4-3-5-9-23/h3-5,8-9,20-21,24-26H,6-7,10-19H2,1-2H3/t20?,21?,24?,25?,26?,27-,28+/m1/s1. The molecule has 5 unspecified atom stereocenters. The number of carbonyl (C=O) groups excluding carboxylic acids is 1. The Labute approximate surface area is 194 Å². The molecule has 3 nitrogen and oxygen atoms in total. The normalized spacial score (nSPS) is 41.9. The van der Waals surface area contributed by atoms with E-state index in [1.54, 1.807) is 12.1 Å². The molecule has 4 saturated carbocycles. The number of carbonyl (C=O) groups is 1. The summed E-state index contributed by atoms with van der Waals surface area (Å²) in [5, 5.41) is 0. The first-order chi connectivity index (χ1) is 15.2. The van der Waals surface area contributed by atoms with Gasteiger partial charge in [-0.25, -0.2) is 8.42 Å². The molecular formula is C28H40O3S. The predicted molar refractivity (Wildman–Crippen MR) is 128 cm³/mol. The van der Waals surface area contributed by atoms with Gasteiger partial charge in [-0.15, -0.1) is 0 Å². The number of rotatable bonds is 4. The lowest BCUT2D eigenvalue weighted by molar-refractivity contribution is -0.151. The third kappa shape index (κ3) is 3.69. The van der Waals surface area contributed by atoms with E-state index in [9.17, 15) is 13.2 Å². The second kappa shape index (κ2) is 8.25. The van der Waals surface area contributed by atoms with Gasteiger partial charge in [0.25, 0.3) is 0 Å². The van der Waals surface area contributed by atoms with Gasteiger partial charge in [-0.3, -0.25) is 4.79 Å². The molecule has 4 heteroatoms. The Balaban J connectivity index is 1.33. The molecule has 0 N–H and O–H groups in total. The Morgan fingerprint density at radius 3 is 2.44 bits per heavy atom. The van der Waals surface area contributed by atoms with Gasteiger partial charge in [0, 0.05) is 12.8 Å². The maximum Gasteiger partial charge on any atom is 0.178 e. The molecule has 1 aromatic rings. The van der Waals surface area contributed by atoms with Crippen molar-refractivity contribution in [3.8, 4) is 0 Å². The summed E-state index contributed by atoms with van der Waals surface area (Å²) in [5.41, 5.74) is 0.626. The number of hydrogen-bond acceptors (Lipinski definition) is 3. The number of fused-ring (bicyclic) bond motifs is 5. The van der Waals surface area contributed by atoms with E-state index in [0.717, 1.165) is 43.4 Å². The summed E-state index contributed by atoms with van der Waals surface area (Å²) < 4.78 is 25.9. The van der Waals surface area contributed by atoms with Crippen molar-refractivity contribution in [2.75, 3.05) is 5.75 Å². The van der Waals surface area contributed by atoms with E-state index in [1.807, 2.05) is 18.2 Å². The molecule has 0 aliphatic heterocycles. The molecule has 0 heterocycles. The van der Waals surface area contributed by atoms with Gasteiger partial charge >= 0.3 is 0 Å². The van der Waals surface area contributed by atoms with Crippen LogP contribution >= 0.6 is 0 Å². The smallest absolute Gasteiger partial charge is 0.178 e. The molecule has 4 aliphatic rings. The van der Waals surface area contributed by atoms with Crippen LogP contribution in [0.15, 0.2) is 35.2 Å². The summed E-state index contributed by atoms with van der Waals surface area (Å²) in [4.78, 5) is 12.6. The lowest BCUT2D eigenvalue weighted by Gasteiger charge is -2.63. The fraction of sp³-hybridized carbons (Fsp3) is 0.750. The summed E-state index contributed by atoms with van der Waals surface area (Å²) in [6.45, 7) is 5.02. The van der Waals surface area contributed by atoms with Crippen molar-refractivity contribution in [1.82, 2.24) is 0 Å². The summed E-state index contributed by atoms with van der Waals surface area (Å²) in [5.74, 6) is 4.15. The highest BCUT2D eigenvalue weighted by atomic mass is 32.2. The molecule has 1 aromatic carbocycles. The minimum absolute atomic E-state index is 0.277. The molecule has 0 radical (unpaired) electrons. The van der Waals surface area contributed by atoms with Gasteiger partial charge in [0.2, 0.25) is 0 Å². The lowest BCUT2D eigenvalue weighted by atomic mass is 9.41. The van der Waals surface area contributed by atoms with Crippen molar-refractivity contribution in [2.24, 2.45) is 40.4 Å². The molecule has 4 fully saturated rings. The molecule has 0 amide bonds. The van der Waals surface area contributed by atoms with Crippen LogP contribution < -0.4 is 0 Å². The zero-order valence-electron chi connectivity index (χ0n) is 19.9. The van der Waals surface area contributed by atoms with Crippen LogP contribution in [0, 0.1) is 40.4 Å². The quantitative estimate of drug-likeness (QED) is 0.522. The summed E-state index contributed by atoms with van der Waals surface area (Å²) in [6, 6.07) is 8.99. The van der Waals surface area contributed by atoms with Gasteiger partial charge < -0.3 is 0 Å². The maximum atomic E-state index is 13.0. The highest BCUT2D eigenvalue weighted by Gasteiger charge is 2.58.